The van der Waals surface area contributed by atoms with Crippen molar-refractivity contribution in [1.82, 2.24) is 24.4 Å². The van der Waals surface area contributed by atoms with Gasteiger partial charge in [-0.05, 0) is 36.8 Å². The van der Waals surface area contributed by atoms with Gasteiger partial charge in [-0.1, -0.05) is 24.3 Å². The molecule has 0 aliphatic rings. The zero-order valence-corrected chi connectivity index (χ0v) is 15.3. The van der Waals surface area contributed by atoms with Crippen molar-refractivity contribution in [1.29, 1.82) is 0 Å². The number of rotatable bonds is 5. The lowest BCUT2D eigenvalue weighted by Crippen LogP contribution is -2.34. The average molecular weight is 373 g/mol. The number of hydrogen-bond acceptors (Lipinski definition) is 4. The minimum Gasteiger partial charge on any atom is -0.348 e. The van der Waals surface area contributed by atoms with Crippen LogP contribution in [0.4, 0.5) is 0 Å². The van der Waals surface area contributed by atoms with E-state index in [1.54, 1.807) is 30.7 Å². The molecule has 1 N–H and O–H groups in total. The largest absolute Gasteiger partial charge is 0.348 e. The van der Waals surface area contributed by atoms with E-state index in [-0.39, 0.29) is 24.1 Å². The number of carbonyl (C=O) groups excluding carboxylic acids is 1. The van der Waals surface area contributed by atoms with Gasteiger partial charge in [-0.15, -0.1) is 0 Å². The van der Waals surface area contributed by atoms with Crippen LogP contribution in [-0.4, -0.2) is 25.0 Å². The smallest absolute Gasteiger partial charge is 0.261 e. The molecule has 0 radical (unpaired) electrons. The van der Waals surface area contributed by atoms with Crippen molar-refractivity contribution in [3.05, 3.63) is 89.5 Å². The number of hydrogen-bond donors (Lipinski definition) is 1. The van der Waals surface area contributed by atoms with Crippen LogP contribution in [0.3, 0.4) is 0 Å². The summed E-state index contributed by atoms with van der Waals surface area (Å²) < 4.78 is 3.23. The van der Waals surface area contributed by atoms with E-state index in [1.165, 1.54) is 10.9 Å². The summed E-state index contributed by atoms with van der Waals surface area (Å²) in [6, 6.07) is 14.8. The van der Waals surface area contributed by atoms with E-state index >= 15 is 0 Å². The highest BCUT2D eigenvalue weighted by atomic mass is 16.2. The summed E-state index contributed by atoms with van der Waals surface area (Å²) in [5.41, 5.74) is 2.36. The second-order valence-corrected chi connectivity index (χ2v) is 6.55. The van der Waals surface area contributed by atoms with Crippen molar-refractivity contribution in [3.8, 4) is 5.69 Å². The minimum atomic E-state index is -0.245. The number of nitrogens with zero attached hydrogens (tertiary/aromatic N) is 4. The summed E-state index contributed by atoms with van der Waals surface area (Å²) in [5.74, 6) is -0.245. The van der Waals surface area contributed by atoms with E-state index in [9.17, 15) is 9.59 Å². The molecule has 7 nitrogen and oxygen atoms in total. The molecule has 7 heteroatoms. The molecule has 1 amide bonds. The third-order valence-electron chi connectivity index (χ3n) is 4.62. The molecule has 0 saturated carbocycles. The van der Waals surface area contributed by atoms with Crippen LogP contribution >= 0.6 is 0 Å². The Bertz CT molecular complexity index is 1160. The van der Waals surface area contributed by atoms with Crippen LogP contribution in [0.1, 0.15) is 18.5 Å². The molecule has 0 saturated heterocycles. The van der Waals surface area contributed by atoms with Gasteiger partial charge in [0.2, 0.25) is 5.91 Å². The normalized spacial score (nSPS) is 12.0. The molecule has 0 aliphatic heterocycles. The monoisotopic (exact) mass is 373 g/mol. The SMILES string of the molecule is C[C@H](NC(=O)Cn1cnc2ccccc2c1=O)c1ccc(-n2ccnc2)cc1. The Morgan fingerprint density at radius 1 is 1.11 bits per heavy atom. The Labute approximate surface area is 161 Å². The Hall–Kier alpha value is -3.74. The van der Waals surface area contributed by atoms with Crippen LogP contribution in [0.25, 0.3) is 16.6 Å². The highest BCUT2D eigenvalue weighted by Crippen LogP contribution is 2.15. The zero-order valence-electron chi connectivity index (χ0n) is 15.3. The van der Waals surface area contributed by atoms with E-state index in [1.807, 2.05) is 48.0 Å². The van der Waals surface area contributed by atoms with Crippen molar-refractivity contribution >= 4 is 16.8 Å². The van der Waals surface area contributed by atoms with Gasteiger partial charge in [0, 0.05) is 18.1 Å². The highest BCUT2D eigenvalue weighted by Gasteiger charge is 2.12. The molecule has 0 bridgehead atoms. The average Bonchev–Trinajstić information content (AvgIpc) is 3.25. The van der Waals surface area contributed by atoms with Gasteiger partial charge in [-0.25, -0.2) is 9.97 Å². The van der Waals surface area contributed by atoms with Gasteiger partial charge in [0.25, 0.3) is 5.56 Å². The first-order chi connectivity index (χ1) is 13.6. The number of carbonyl (C=O) groups is 1. The maximum absolute atomic E-state index is 12.5. The summed E-state index contributed by atoms with van der Waals surface area (Å²) in [7, 11) is 0. The molecule has 0 spiro atoms. The number of para-hydroxylation sites is 1. The lowest BCUT2D eigenvalue weighted by Gasteiger charge is -2.15. The number of imidazole rings is 1. The highest BCUT2D eigenvalue weighted by molar-refractivity contribution is 5.79. The quantitative estimate of drug-likeness (QED) is 0.583. The maximum Gasteiger partial charge on any atom is 0.261 e. The van der Waals surface area contributed by atoms with Crippen molar-refractivity contribution < 1.29 is 4.79 Å². The molecule has 2 heterocycles. The van der Waals surface area contributed by atoms with Gasteiger partial charge in [-0.2, -0.15) is 0 Å². The molecule has 0 aliphatic carbocycles. The number of aromatic nitrogens is 4. The fraction of sp³-hybridized carbons (Fsp3) is 0.143. The number of fused-ring (bicyclic) bond motifs is 1. The van der Waals surface area contributed by atoms with Crippen LogP contribution in [0.2, 0.25) is 0 Å². The first-order valence-corrected chi connectivity index (χ1v) is 8.93. The fourth-order valence-electron chi connectivity index (χ4n) is 3.09. The fourth-order valence-corrected chi connectivity index (χ4v) is 3.09. The number of nitrogens with one attached hydrogen (secondary N) is 1. The van der Waals surface area contributed by atoms with Crippen molar-refractivity contribution in [2.45, 2.75) is 19.5 Å². The summed E-state index contributed by atoms with van der Waals surface area (Å²) in [6.07, 6.45) is 6.74. The van der Waals surface area contributed by atoms with Gasteiger partial charge in [0.05, 0.1) is 29.6 Å². The molecule has 140 valence electrons. The first kappa shape index (κ1) is 17.7. The third-order valence-corrected chi connectivity index (χ3v) is 4.62. The van der Waals surface area contributed by atoms with Crippen LogP contribution < -0.4 is 10.9 Å². The lowest BCUT2D eigenvalue weighted by atomic mass is 10.1. The van der Waals surface area contributed by atoms with E-state index < -0.39 is 0 Å². The van der Waals surface area contributed by atoms with E-state index in [4.69, 9.17) is 0 Å². The predicted octanol–water partition coefficient (Wildman–Crippen LogP) is 2.46. The molecule has 28 heavy (non-hydrogen) atoms. The van der Waals surface area contributed by atoms with Gasteiger partial charge < -0.3 is 9.88 Å². The molecule has 4 aromatic rings. The predicted molar refractivity (Wildman–Crippen MR) is 106 cm³/mol. The van der Waals surface area contributed by atoms with Gasteiger partial charge in [-0.3, -0.25) is 14.2 Å². The molecule has 1 atom stereocenters. The molecule has 0 fully saturated rings. The van der Waals surface area contributed by atoms with Crippen LogP contribution in [0.5, 0.6) is 0 Å². The Balaban J connectivity index is 1.45. The third kappa shape index (κ3) is 3.55. The molecule has 4 rings (SSSR count). The second-order valence-electron chi connectivity index (χ2n) is 6.55. The van der Waals surface area contributed by atoms with Crippen molar-refractivity contribution in [2.24, 2.45) is 0 Å². The Kier molecular flexibility index (Phi) is 4.72. The van der Waals surface area contributed by atoms with Gasteiger partial charge >= 0.3 is 0 Å². The van der Waals surface area contributed by atoms with E-state index in [0.717, 1.165) is 11.3 Å². The summed E-state index contributed by atoms with van der Waals surface area (Å²) >= 11 is 0. The van der Waals surface area contributed by atoms with Crippen LogP contribution in [0.15, 0.2) is 78.4 Å². The Morgan fingerprint density at radius 3 is 2.64 bits per heavy atom. The first-order valence-electron chi connectivity index (χ1n) is 8.93. The summed E-state index contributed by atoms with van der Waals surface area (Å²) in [4.78, 5) is 33.2. The summed E-state index contributed by atoms with van der Waals surface area (Å²) in [5, 5.41) is 3.43. The van der Waals surface area contributed by atoms with E-state index in [0.29, 0.717) is 10.9 Å². The zero-order chi connectivity index (χ0) is 19.5. The molecular formula is C21H19N5O2. The number of benzene rings is 2. The minimum absolute atomic E-state index is 0.0753. The van der Waals surface area contributed by atoms with Crippen molar-refractivity contribution in [3.63, 3.8) is 0 Å². The second kappa shape index (κ2) is 7.48. The molecule has 2 aromatic heterocycles. The Morgan fingerprint density at radius 2 is 1.89 bits per heavy atom. The standard InChI is InChI=1S/C21H19N5O2/c1-15(16-6-8-17(9-7-16)25-11-10-22-13-25)24-20(27)12-26-14-23-19-5-3-2-4-18(19)21(26)28/h2-11,13-15H,12H2,1H3,(H,24,27)/t15-/m0/s1. The number of amides is 1. The molecular weight excluding hydrogens is 354 g/mol. The van der Waals surface area contributed by atoms with Gasteiger partial charge in [0.15, 0.2) is 0 Å². The topological polar surface area (TPSA) is 81.8 Å². The lowest BCUT2D eigenvalue weighted by molar-refractivity contribution is -0.122. The summed E-state index contributed by atoms with van der Waals surface area (Å²) in [6.45, 7) is 1.83. The van der Waals surface area contributed by atoms with Crippen molar-refractivity contribution in [2.75, 3.05) is 0 Å². The molecule has 2 aromatic carbocycles. The molecule has 0 unspecified atom stereocenters. The maximum atomic E-state index is 12.5. The van der Waals surface area contributed by atoms with Gasteiger partial charge in [0.1, 0.15) is 6.54 Å². The van der Waals surface area contributed by atoms with Crippen LogP contribution in [-0.2, 0) is 11.3 Å². The van der Waals surface area contributed by atoms with Crippen LogP contribution in [0, 0.1) is 0 Å². The van der Waals surface area contributed by atoms with E-state index in [2.05, 4.69) is 15.3 Å².